The van der Waals surface area contributed by atoms with Gasteiger partial charge in [-0.05, 0) is 49.7 Å². The number of pyridine rings is 1. The molecule has 0 fully saturated rings. The minimum Gasteiger partial charge on any atom is -0.489 e. The van der Waals surface area contributed by atoms with E-state index < -0.39 is 23.1 Å². The molecule has 0 atom stereocenters. The zero-order valence-electron chi connectivity index (χ0n) is 21.7. The predicted molar refractivity (Wildman–Crippen MR) is 150 cm³/mol. The van der Waals surface area contributed by atoms with Crippen LogP contribution in [0, 0.1) is 11.6 Å². The summed E-state index contributed by atoms with van der Waals surface area (Å²) in [6.07, 6.45) is 6.08. The smallest absolute Gasteiger partial charge is 0.258 e. The Morgan fingerprint density at radius 3 is 2.50 bits per heavy atom. The van der Waals surface area contributed by atoms with Crippen molar-refractivity contribution < 1.29 is 28.2 Å². The first-order valence-electron chi connectivity index (χ1n) is 11.9. The molecule has 1 amide bonds. The molecular formula is C27H26ClF2N5O4S. The summed E-state index contributed by atoms with van der Waals surface area (Å²) < 4.78 is 43.2. The van der Waals surface area contributed by atoms with Gasteiger partial charge in [0.2, 0.25) is 0 Å². The molecular weight excluding hydrogens is 564 g/mol. The van der Waals surface area contributed by atoms with Gasteiger partial charge in [-0.2, -0.15) is 5.10 Å². The fourth-order valence-corrected chi connectivity index (χ4v) is 4.08. The number of hydrogen-bond acceptors (Lipinski definition) is 8. The van der Waals surface area contributed by atoms with E-state index in [1.54, 1.807) is 32.0 Å². The van der Waals surface area contributed by atoms with Crippen molar-refractivity contribution in [3.05, 3.63) is 88.8 Å². The Morgan fingerprint density at radius 1 is 1.07 bits per heavy atom. The van der Waals surface area contributed by atoms with E-state index in [-0.39, 0.29) is 41.7 Å². The van der Waals surface area contributed by atoms with Gasteiger partial charge in [-0.15, -0.1) is 0 Å². The van der Waals surface area contributed by atoms with Crippen LogP contribution in [0.15, 0.2) is 61.1 Å². The number of carbonyl (C=O) groups excluding carboxylic acids is 1. The second-order valence-corrected chi connectivity index (χ2v) is 10.4. The summed E-state index contributed by atoms with van der Waals surface area (Å²) in [6.45, 7) is 2.97. The monoisotopic (exact) mass is 589 g/mol. The minimum atomic E-state index is -1.10. The lowest BCUT2D eigenvalue weighted by molar-refractivity contribution is 0.0282. The number of carbonyl (C=O) groups is 1. The van der Waals surface area contributed by atoms with E-state index in [9.17, 15) is 18.7 Å². The van der Waals surface area contributed by atoms with E-state index in [4.69, 9.17) is 21.1 Å². The van der Waals surface area contributed by atoms with Crippen LogP contribution in [0.4, 0.5) is 20.2 Å². The van der Waals surface area contributed by atoms with E-state index in [0.29, 0.717) is 10.7 Å². The molecule has 0 unspecified atom stereocenters. The van der Waals surface area contributed by atoms with Gasteiger partial charge in [0.1, 0.15) is 30.6 Å². The Hall–Kier alpha value is -3.87. The largest absolute Gasteiger partial charge is 0.489 e. The first kappa shape index (κ1) is 29.1. The number of amides is 1. The van der Waals surface area contributed by atoms with Crippen LogP contribution >= 0.6 is 23.5 Å². The Bertz CT molecular complexity index is 1490. The van der Waals surface area contributed by atoms with Crippen molar-refractivity contribution in [3.8, 4) is 17.3 Å². The summed E-state index contributed by atoms with van der Waals surface area (Å²) in [5.41, 5.74) is 0.588. The van der Waals surface area contributed by atoms with Crippen LogP contribution in [-0.2, 0) is 6.61 Å². The minimum absolute atomic E-state index is 0.0215. The van der Waals surface area contributed by atoms with Gasteiger partial charge in [-0.25, -0.2) is 18.4 Å². The van der Waals surface area contributed by atoms with Crippen molar-refractivity contribution >= 4 is 40.8 Å². The fourth-order valence-electron chi connectivity index (χ4n) is 3.49. The van der Waals surface area contributed by atoms with Crippen molar-refractivity contribution in [1.82, 2.24) is 14.8 Å². The van der Waals surface area contributed by atoms with Crippen LogP contribution in [0.1, 0.15) is 29.8 Å². The number of nitrogens with one attached hydrogen (secondary N) is 2. The zero-order chi connectivity index (χ0) is 28.9. The molecule has 4 rings (SSSR count). The lowest BCUT2D eigenvalue weighted by Gasteiger charge is -2.18. The third-order valence-electron chi connectivity index (χ3n) is 5.15. The highest BCUT2D eigenvalue weighted by atomic mass is 35.5. The number of hydrogen-bond donors (Lipinski definition) is 3. The number of nitrogens with zero attached hydrogens (tertiary/aromatic N) is 3. The van der Waals surface area contributed by atoms with Crippen LogP contribution < -0.4 is 19.5 Å². The summed E-state index contributed by atoms with van der Waals surface area (Å²) in [6, 6.07) is 9.66. The van der Waals surface area contributed by atoms with Crippen LogP contribution in [0.3, 0.4) is 0 Å². The van der Waals surface area contributed by atoms with Crippen molar-refractivity contribution in [3.63, 3.8) is 0 Å². The summed E-state index contributed by atoms with van der Waals surface area (Å²) >= 11 is 7.55. The van der Waals surface area contributed by atoms with Gasteiger partial charge in [0.15, 0.2) is 11.6 Å². The van der Waals surface area contributed by atoms with Crippen LogP contribution in [0.25, 0.3) is 5.82 Å². The molecule has 0 radical (unpaired) electrons. The van der Waals surface area contributed by atoms with E-state index in [1.807, 2.05) is 6.26 Å². The van der Waals surface area contributed by atoms with Gasteiger partial charge < -0.3 is 24.6 Å². The quantitative estimate of drug-likeness (QED) is 0.186. The summed E-state index contributed by atoms with van der Waals surface area (Å²) in [5.74, 6) is -1.27. The Morgan fingerprint density at radius 2 is 1.80 bits per heavy atom. The highest BCUT2D eigenvalue weighted by Gasteiger charge is 2.18. The number of anilines is 2. The van der Waals surface area contributed by atoms with Crippen LogP contribution in [0.2, 0.25) is 5.02 Å². The van der Waals surface area contributed by atoms with Crippen LogP contribution in [-0.4, -0.2) is 44.2 Å². The average molecular weight is 590 g/mol. The molecule has 0 aliphatic heterocycles. The first-order chi connectivity index (χ1) is 19.0. The molecule has 0 saturated heterocycles. The van der Waals surface area contributed by atoms with Gasteiger partial charge >= 0.3 is 0 Å². The number of aliphatic hydroxyl groups is 1. The van der Waals surface area contributed by atoms with Gasteiger partial charge in [-0.3, -0.25) is 4.79 Å². The highest BCUT2D eigenvalue weighted by Crippen LogP contribution is 2.28. The van der Waals surface area contributed by atoms with Crippen molar-refractivity contribution in [1.29, 1.82) is 0 Å². The molecule has 40 heavy (non-hydrogen) atoms. The maximum absolute atomic E-state index is 13.7. The van der Waals surface area contributed by atoms with Gasteiger partial charge in [0.25, 0.3) is 5.91 Å². The Balaban J connectivity index is 1.58. The van der Waals surface area contributed by atoms with Crippen LogP contribution in [0.5, 0.6) is 11.5 Å². The molecule has 2 aromatic carbocycles. The Kier molecular flexibility index (Phi) is 9.13. The van der Waals surface area contributed by atoms with Gasteiger partial charge in [0, 0.05) is 41.0 Å². The number of halogens is 3. The second-order valence-electron chi connectivity index (χ2n) is 9.32. The maximum Gasteiger partial charge on any atom is 0.258 e. The summed E-state index contributed by atoms with van der Waals surface area (Å²) in [5, 5.41) is 17.5. The van der Waals surface area contributed by atoms with E-state index >= 15 is 0 Å². The third kappa shape index (κ3) is 8.07. The first-order valence-corrected chi connectivity index (χ1v) is 13.5. The highest BCUT2D eigenvalue weighted by molar-refractivity contribution is 7.99. The lowest BCUT2D eigenvalue weighted by atomic mass is 10.2. The molecule has 210 valence electrons. The lowest BCUT2D eigenvalue weighted by Crippen LogP contribution is -2.27. The Labute approximate surface area is 238 Å². The second kappa shape index (κ2) is 12.5. The number of benzene rings is 2. The molecule has 2 heterocycles. The summed E-state index contributed by atoms with van der Waals surface area (Å²) in [4.78, 5) is 17.3. The maximum atomic E-state index is 13.7. The average Bonchev–Trinajstić information content (AvgIpc) is 3.35. The predicted octanol–water partition coefficient (Wildman–Crippen LogP) is 5.87. The van der Waals surface area contributed by atoms with Gasteiger partial charge in [0.05, 0.1) is 23.6 Å². The molecule has 4 aromatic rings. The SMILES string of the molecule is CSNc1cc(Cl)cc(NC(=O)c2cnn(-c3ncc(OCC(C)(C)O)cc3OCc3cc(F)cc(F)c3)c2)c1. The normalized spacial score (nSPS) is 11.3. The zero-order valence-corrected chi connectivity index (χ0v) is 23.3. The van der Waals surface area contributed by atoms with Crippen molar-refractivity contribution in [2.75, 3.05) is 22.9 Å². The number of rotatable bonds is 11. The number of aromatic nitrogens is 3. The molecule has 0 aliphatic rings. The van der Waals surface area contributed by atoms with Crippen molar-refractivity contribution in [2.45, 2.75) is 26.1 Å². The van der Waals surface area contributed by atoms with E-state index in [2.05, 4.69) is 20.1 Å². The molecule has 2 aromatic heterocycles. The third-order valence-corrected chi connectivity index (χ3v) is 5.81. The molecule has 0 saturated carbocycles. The molecule has 3 N–H and O–H groups in total. The van der Waals surface area contributed by atoms with E-state index in [1.165, 1.54) is 41.3 Å². The molecule has 9 nitrogen and oxygen atoms in total. The standard InChI is InChI=1S/C27H26ClF2N5O4S/c1-27(2,37)15-39-23-10-24(38-14-16-4-19(29)8-20(30)5-16)25(31-12-23)35-13-17(11-32-35)26(36)33-21-6-18(28)7-22(9-21)34-40-3/h4-13,34,37H,14-15H2,1-3H3,(H,33,36). The number of ether oxygens (including phenoxy) is 2. The van der Waals surface area contributed by atoms with Gasteiger partial charge in [-0.1, -0.05) is 23.5 Å². The summed E-state index contributed by atoms with van der Waals surface area (Å²) in [7, 11) is 0. The van der Waals surface area contributed by atoms with E-state index in [0.717, 1.165) is 23.9 Å². The topological polar surface area (TPSA) is 111 Å². The molecule has 0 spiro atoms. The fraction of sp³-hybridized carbons (Fsp3) is 0.222. The molecule has 0 aliphatic carbocycles. The molecule has 0 bridgehead atoms. The molecule has 13 heteroatoms. The van der Waals surface area contributed by atoms with Crippen molar-refractivity contribution in [2.24, 2.45) is 0 Å².